The number of benzene rings is 1. The van der Waals surface area contributed by atoms with E-state index in [0.29, 0.717) is 6.42 Å². The maximum absolute atomic E-state index is 12.6. The lowest BCUT2D eigenvalue weighted by atomic mass is 10.1. The SMILES string of the molecule is O=C(CCc1cnn(-c2ccccc2)c1)N1CCN(CCN2CCCC2)CC1. The minimum Gasteiger partial charge on any atom is -0.340 e. The second-order valence-electron chi connectivity index (χ2n) is 7.90. The fourth-order valence-corrected chi connectivity index (χ4v) is 4.13. The van der Waals surface area contributed by atoms with Gasteiger partial charge in [0.1, 0.15) is 0 Å². The second kappa shape index (κ2) is 9.34. The zero-order chi connectivity index (χ0) is 19.2. The van der Waals surface area contributed by atoms with Gasteiger partial charge in [-0.05, 0) is 50.0 Å². The van der Waals surface area contributed by atoms with E-state index in [9.17, 15) is 4.79 Å². The topological polar surface area (TPSA) is 44.6 Å². The van der Waals surface area contributed by atoms with Crippen LogP contribution in [0.4, 0.5) is 0 Å². The summed E-state index contributed by atoms with van der Waals surface area (Å²) in [7, 11) is 0. The molecule has 0 atom stereocenters. The summed E-state index contributed by atoms with van der Waals surface area (Å²) < 4.78 is 1.87. The monoisotopic (exact) mass is 381 g/mol. The summed E-state index contributed by atoms with van der Waals surface area (Å²) in [4.78, 5) is 19.7. The summed E-state index contributed by atoms with van der Waals surface area (Å²) in [6.07, 6.45) is 7.92. The second-order valence-corrected chi connectivity index (χ2v) is 7.90. The number of likely N-dealkylation sites (tertiary alicyclic amines) is 1. The minimum absolute atomic E-state index is 0.270. The van der Waals surface area contributed by atoms with Gasteiger partial charge in [-0.15, -0.1) is 0 Å². The van der Waals surface area contributed by atoms with Crippen LogP contribution >= 0.6 is 0 Å². The molecule has 2 aliphatic rings. The molecule has 0 aliphatic carbocycles. The lowest BCUT2D eigenvalue weighted by Crippen LogP contribution is -2.50. The highest BCUT2D eigenvalue weighted by molar-refractivity contribution is 5.76. The van der Waals surface area contributed by atoms with Crippen LogP contribution in [-0.4, -0.2) is 82.7 Å². The Labute approximate surface area is 167 Å². The molecule has 6 nitrogen and oxygen atoms in total. The first-order valence-corrected chi connectivity index (χ1v) is 10.6. The van der Waals surface area contributed by atoms with Crippen LogP contribution in [0.3, 0.4) is 0 Å². The fraction of sp³-hybridized carbons (Fsp3) is 0.545. The number of piperazine rings is 1. The van der Waals surface area contributed by atoms with Crippen LogP contribution in [0, 0.1) is 0 Å². The van der Waals surface area contributed by atoms with E-state index < -0.39 is 0 Å². The summed E-state index contributed by atoms with van der Waals surface area (Å²) in [5, 5.41) is 4.42. The molecule has 0 N–H and O–H groups in total. The number of carbonyl (C=O) groups is 1. The third kappa shape index (κ3) is 5.00. The number of rotatable bonds is 7. The van der Waals surface area contributed by atoms with E-state index in [2.05, 4.69) is 14.9 Å². The summed E-state index contributed by atoms with van der Waals surface area (Å²) in [6.45, 7) is 8.58. The molecule has 28 heavy (non-hydrogen) atoms. The van der Waals surface area contributed by atoms with E-state index in [1.54, 1.807) is 0 Å². The lowest BCUT2D eigenvalue weighted by Gasteiger charge is -2.35. The molecule has 2 aliphatic heterocycles. The van der Waals surface area contributed by atoms with E-state index in [0.717, 1.165) is 50.4 Å². The predicted molar refractivity (Wildman–Crippen MR) is 111 cm³/mol. The first-order valence-electron chi connectivity index (χ1n) is 10.6. The van der Waals surface area contributed by atoms with Crippen LogP contribution in [0.2, 0.25) is 0 Å². The molecule has 1 amide bonds. The molecule has 1 aromatic heterocycles. The van der Waals surface area contributed by atoms with Gasteiger partial charge in [-0.25, -0.2) is 4.68 Å². The Morgan fingerprint density at radius 1 is 0.893 bits per heavy atom. The average Bonchev–Trinajstić information content (AvgIpc) is 3.44. The van der Waals surface area contributed by atoms with Gasteiger partial charge in [-0.2, -0.15) is 5.10 Å². The first kappa shape index (κ1) is 19.2. The van der Waals surface area contributed by atoms with Crippen LogP contribution < -0.4 is 0 Å². The van der Waals surface area contributed by atoms with Gasteiger partial charge in [0.05, 0.1) is 11.9 Å². The molecule has 0 saturated carbocycles. The highest BCUT2D eigenvalue weighted by Crippen LogP contribution is 2.12. The quantitative estimate of drug-likeness (QED) is 0.736. The van der Waals surface area contributed by atoms with Gasteiger partial charge in [-0.1, -0.05) is 18.2 Å². The maximum atomic E-state index is 12.6. The molecular formula is C22H31N5O. The summed E-state index contributed by atoms with van der Waals surface area (Å²) >= 11 is 0. The average molecular weight is 382 g/mol. The van der Waals surface area contributed by atoms with Gasteiger partial charge in [-0.3, -0.25) is 9.69 Å². The first-order chi connectivity index (χ1) is 13.8. The molecular weight excluding hydrogens is 350 g/mol. The molecule has 0 unspecified atom stereocenters. The maximum Gasteiger partial charge on any atom is 0.222 e. The highest BCUT2D eigenvalue weighted by Gasteiger charge is 2.21. The van der Waals surface area contributed by atoms with E-state index in [-0.39, 0.29) is 5.91 Å². The standard InChI is InChI=1S/C22H31N5O/c28-22(9-8-20-18-23-27(19-20)21-6-2-1-3-7-21)26-16-14-25(15-17-26)13-12-24-10-4-5-11-24/h1-3,6-7,18-19H,4-5,8-17H2. The summed E-state index contributed by atoms with van der Waals surface area (Å²) in [5.74, 6) is 0.270. The van der Waals surface area contributed by atoms with Crippen LogP contribution in [0.15, 0.2) is 42.7 Å². The van der Waals surface area contributed by atoms with Crippen molar-refractivity contribution in [2.75, 3.05) is 52.4 Å². The number of nitrogens with zero attached hydrogens (tertiary/aromatic N) is 5. The van der Waals surface area contributed by atoms with Crippen molar-refractivity contribution in [3.8, 4) is 5.69 Å². The van der Waals surface area contributed by atoms with Crippen molar-refractivity contribution in [2.45, 2.75) is 25.7 Å². The fourth-order valence-electron chi connectivity index (χ4n) is 4.13. The number of hydrogen-bond acceptors (Lipinski definition) is 4. The minimum atomic E-state index is 0.270. The molecule has 4 rings (SSSR count). The van der Waals surface area contributed by atoms with Crippen molar-refractivity contribution < 1.29 is 4.79 Å². The molecule has 6 heteroatoms. The van der Waals surface area contributed by atoms with Crippen molar-refractivity contribution in [1.82, 2.24) is 24.5 Å². The van der Waals surface area contributed by atoms with E-state index in [1.807, 2.05) is 52.3 Å². The van der Waals surface area contributed by atoms with Gasteiger partial charge in [0.25, 0.3) is 0 Å². The van der Waals surface area contributed by atoms with Crippen molar-refractivity contribution in [2.24, 2.45) is 0 Å². The predicted octanol–water partition coefficient (Wildman–Crippen LogP) is 2.04. The molecule has 0 spiro atoms. The number of para-hydroxylation sites is 1. The Balaban J connectivity index is 1.18. The van der Waals surface area contributed by atoms with Crippen molar-refractivity contribution >= 4 is 5.91 Å². The van der Waals surface area contributed by atoms with Crippen LogP contribution in [0.25, 0.3) is 5.69 Å². The Hall–Kier alpha value is -2.18. The Morgan fingerprint density at radius 2 is 1.57 bits per heavy atom. The molecule has 2 aromatic rings. The van der Waals surface area contributed by atoms with E-state index in [1.165, 1.54) is 32.5 Å². The van der Waals surface area contributed by atoms with Crippen molar-refractivity contribution in [1.29, 1.82) is 0 Å². The molecule has 2 fully saturated rings. The number of aromatic nitrogens is 2. The Bertz CT molecular complexity index is 745. The van der Waals surface area contributed by atoms with Crippen LogP contribution in [0.1, 0.15) is 24.8 Å². The summed E-state index contributed by atoms with van der Waals surface area (Å²) in [6, 6.07) is 10.1. The van der Waals surface area contributed by atoms with Gasteiger partial charge < -0.3 is 9.80 Å². The molecule has 150 valence electrons. The molecule has 3 heterocycles. The van der Waals surface area contributed by atoms with Gasteiger partial charge in [0.15, 0.2) is 0 Å². The molecule has 0 bridgehead atoms. The van der Waals surface area contributed by atoms with Crippen molar-refractivity contribution in [3.63, 3.8) is 0 Å². The largest absolute Gasteiger partial charge is 0.340 e. The lowest BCUT2D eigenvalue weighted by molar-refractivity contribution is -0.132. The summed E-state index contributed by atoms with van der Waals surface area (Å²) in [5.41, 5.74) is 2.16. The van der Waals surface area contributed by atoms with Crippen LogP contribution in [-0.2, 0) is 11.2 Å². The van der Waals surface area contributed by atoms with Gasteiger partial charge in [0, 0.05) is 51.9 Å². The zero-order valence-corrected chi connectivity index (χ0v) is 16.7. The number of carbonyl (C=O) groups excluding carboxylic acids is 1. The van der Waals surface area contributed by atoms with Gasteiger partial charge in [0.2, 0.25) is 5.91 Å². The van der Waals surface area contributed by atoms with Gasteiger partial charge >= 0.3 is 0 Å². The smallest absolute Gasteiger partial charge is 0.222 e. The molecule has 1 aromatic carbocycles. The third-order valence-electron chi connectivity index (χ3n) is 5.94. The number of amides is 1. The number of aryl methyl sites for hydroxylation is 1. The zero-order valence-electron chi connectivity index (χ0n) is 16.7. The van der Waals surface area contributed by atoms with Crippen molar-refractivity contribution in [3.05, 3.63) is 48.3 Å². The highest BCUT2D eigenvalue weighted by atomic mass is 16.2. The van der Waals surface area contributed by atoms with E-state index in [4.69, 9.17) is 0 Å². The Morgan fingerprint density at radius 3 is 2.29 bits per heavy atom. The third-order valence-corrected chi connectivity index (χ3v) is 5.94. The normalized spacial score (nSPS) is 18.6. The Kier molecular flexibility index (Phi) is 6.39. The number of hydrogen-bond donors (Lipinski definition) is 0. The molecule has 2 saturated heterocycles. The van der Waals surface area contributed by atoms with Crippen LogP contribution in [0.5, 0.6) is 0 Å². The molecule has 0 radical (unpaired) electrons. The van der Waals surface area contributed by atoms with E-state index >= 15 is 0 Å².